The van der Waals surface area contributed by atoms with Crippen LogP contribution in [0.2, 0.25) is 0 Å². The highest BCUT2D eigenvalue weighted by Gasteiger charge is 2.39. The van der Waals surface area contributed by atoms with Gasteiger partial charge in [0, 0.05) is 10.7 Å². The first kappa shape index (κ1) is 29.5. The maximum absolute atomic E-state index is 10.8. The van der Waals surface area contributed by atoms with E-state index in [1.807, 2.05) is 17.8 Å². The van der Waals surface area contributed by atoms with E-state index in [4.69, 9.17) is 4.74 Å². The van der Waals surface area contributed by atoms with Gasteiger partial charge < -0.3 is 9.84 Å². The molecule has 0 radical (unpaired) electrons. The highest BCUT2D eigenvalue weighted by Crippen LogP contribution is 2.53. The predicted molar refractivity (Wildman–Crippen MR) is 159 cm³/mol. The second kappa shape index (κ2) is 16.0. The smallest absolute Gasteiger partial charge is 0.134 e. The summed E-state index contributed by atoms with van der Waals surface area (Å²) in [6, 6.07) is 4.18. The van der Waals surface area contributed by atoms with Crippen LogP contribution in [0.3, 0.4) is 0 Å². The molecule has 0 aliphatic carbocycles. The lowest BCUT2D eigenvalue weighted by Crippen LogP contribution is -2.32. The topological polar surface area (TPSA) is 29.5 Å². The van der Waals surface area contributed by atoms with Gasteiger partial charge in [0.2, 0.25) is 0 Å². The van der Waals surface area contributed by atoms with Gasteiger partial charge in [-0.15, -0.1) is 11.8 Å². The minimum absolute atomic E-state index is 0.276. The maximum Gasteiger partial charge on any atom is 0.134 e. The van der Waals surface area contributed by atoms with Crippen molar-refractivity contribution in [2.75, 3.05) is 5.75 Å². The monoisotopic (exact) mass is 514 g/mol. The number of phenolic OH excluding ortho intramolecular Hbond substituents is 1. The van der Waals surface area contributed by atoms with Crippen LogP contribution in [-0.2, 0) is 6.42 Å². The molecule has 0 saturated carbocycles. The van der Waals surface area contributed by atoms with Gasteiger partial charge in [0.05, 0.1) is 5.56 Å². The molecule has 0 fully saturated rings. The Morgan fingerprint density at radius 1 is 0.750 bits per heavy atom. The molecule has 1 N–H and O–H groups in total. The van der Waals surface area contributed by atoms with Crippen LogP contribution < -0.4 is 4.74 Å². The number of unbranched alkanes of at least 4 members (excludes halogenated alkanes) is 17. The van der Waals surface area contributed by atoms with Crippen molar-refractivity contribution in [1.29, 1.82) is 0 Å². The lowest BCUT2D eigenvalue weighted by atomic mass is 9.90. The van der Waals surface area contributed by atoms with E-state index >= 15 is 0 Å². The van der Waals surface area contributed by atoms with E-state index in [1.54, 1.807) is 0 Å². The van der Waals surface area contributed by atoms with Gasteiger partial charge in [0.15, 0.2) is 0 Å². The number of aryl methyl sites for hydroxylation is 1. The zero-order valence-electron chi connectivity index (χ0n) is 23.8. The summed E-state index contributed by atoms with van der Waals surface area (Å²) in [7, 11) is 0. The summed E-state index contributed by atoms with van der Waals surface area (Å²) in [5.74, 6) is 2.39. The molecule has 2 aliphatic heterocycles. The minimum atomic E-state index is -0.276. The molecule has 0 bridgehead atoms. The van der Waals surface area contributed by atoms with Crippen molar-refractivity contribution < 1.29 is 9.84 Å². The van der Waals surface area contributed by atoms with Crippen molar-refractivity contribution in [2.45, 2.75) is 155 Å². The zero-order valence-corrected chi connectivity index (χ0v) is 24.6. The third-order valence-corrected chi connectivity index (χ3v) is 9.48. The molecule has 3 heteroatoms. The van der Waals surface area contributed by atoms with Crippen LogP contribution in [0.1, 0.15) is 154 Å². The van der Waals surface area contributed by atoms with E-state index in [2.05, 4.69) is 26.8 Å². The Kier molecular flexibility index (Phi) is 13.1. The van der Waals surface area contributed by atoms with Crippen molar-refractivity contribution in [3.05, 3.63) is 28.2 Å². The number of ether oxygens (including phenoxy) is 1. The number of allylic oxidation sites excluding steroid dienone is 1. The third kappa shape index (κ3) is 9.34. The fraction of sp³-hybridized carbons (Fsp3) is 0.758. The van der Waals surface area contributed by atoms with Gasteiger partial charge in [0.25, 0.3) is 0 Å². The summed E-state index contributed by atoms with van der Waals surface area (Å²) < 4.78 is 6.36. The Morgan fingerprint density at radius 2 is 1.25 bits per heavy atom. The van der Waals surface area contributed by atoms with E-state index in [9.17, 15) is 5.11 Å². The van der Waals surface area contributed by atoms with Gasteiger partial charge >= 0.3 is 0 Å². The second-order valence-corrected chi connectivity index (χ2v) is 12.9. The Morgan fingerprint density at radius 3 is 1.78 bits per heavy atom. The lowest BCUT2D eigenvalue weighted by molar-refractivity contribution is 0.153. The Balaban J connectivity index is 1.18. The number of rotatable bonds is 19. The largest absolute Gasteiger partial charge is 0.507 e. The number of phenols is 1. The molecule has 1 aromatic carbocycles. The molecule has 36 heavy (non-hydrogen) atoms. The van der Waals surface area contributed by atoms with E-state index in [-0.39, 0.29) is 5.60 Å². The van der Waals surface area contributed by atoms with Crippen LogP contribution in [0.4, 0.5) is 0 Å². The fourth-order valence-electron chi connectivity index (χ4n) is 5.97. The van der Waals surface area contributed by atoms with Crippen LogP contribution in [-0.4, -0.2) is 16.5 Å². The minimum Gasteiger partial charge on any atom is -0.507 e. The molecule has 0 saturated heterocycles. The van der Waals surface area contributed by atoms with Gasteiger partial charge in [-0.2, -0.15) is 0 Å². The molecular formula is C33H54O2S. The molecule has 0 amide bonds. The number of benzene rings is 1. The number of hydrogen-bond donors (Lipinski definition) is 1. The molecule has 0 unspecified atom stereocenters. The summed E-state index contributed by atoms with van der Waals surface area (Å²) >= 11 is 1.89. The van der Waals surface area contributed by atoms with Gasteiger partial charge in [-0.3, -0.25) is 0 Å². The van der Waals surface area contributed by atoms with Crippen molar-refractivity contribution in [3.63, 3.8) is 0 Å². The first-order chi connectivity index (χ1) is 17.5. The summed E-state index contributed by atoms with van der Waals surface area (Å²) in [4.78, 5) is 1.31. The normalized spacial score (nSPS) is 16.2. The standard InChI is InChI=1S/C33H54O2S/c1-4-5-6-7-8-9-10-11-12-13-14-15-16-17-18-19-20-21-22-27-25-29(34)31-28-23-24-36-32(28)33(2,3)35-30(31)26-27/h25-26,34H,4-24H2,1-3H3. The molecular weight excluding hydrogens is 460 g/mol. The maximum atomic E-state index is 10.8. The van der Waals surface area contributed by atoms with Crippen LogP contribution in [0, 0.1) is 0 Å². The predicted octanol–water partition coefficient (Wildman–Crippen LogP) is 11.0. The first-order valence-corrected chi connectivity index (χ1v) is 16.4. The fourth-order valence-corrected chi connectivity index (χ4v) is 7.25. The SMILES string of the molecule is CCCCCCCCCCCCCCCCCCCCc1cc(O)c2c(c1)OC(C)(C)C1=C2CCS1. The van der Waals surface area contributed by atoms with E-state index in [0.717, 1.165) is 29.9 Å². The first-order valence-electron chi connectivity index (χ1n) is 15.4. The van der Waals surface area contributed by atoms with Gasteiger partial charge in [-0.1, -0.05) is 116 Å². The summed E-state index contributed by atoms with van der Waals surface area (Å²) in [5, 5.41) is 10.8. The second-order valence-electron chi connectivity index (χ2n) is 11.8. The molecule has 1 aromatic rings. The number of thioether (sulfide) groups is 1. The van der Waals surface area contributed by atoms with E-state index in [1.165, 1.54) is 132 Å². The van der Waals surface area contributed by atoms with Crippen LogP contribution in [0.5, 0.6) is 11.5 Å². The molecule has 0 aromatic heterocycles. The average molecular weight is 515 g/mol. The van der Waals surface area contributed by atoms with E-state index < -0.39 is 0 Å². The van der Waals surface area contributed by atoms with Crippen molar-refractivity contribution >= 4 is 17.3 Å². The van der Waals surface area contributed by atoms with Gasteiger partial charge in [-0.25, -0.2) is 0 Å². The van der Waals surface area contributed by atoms with E-state index in [0.29, 0.717) is 5.75 Å². The van der Waals surface area contributed by atoms with Crippen molar-refractivity contribution in [1.82, 2.24) is 0 Å². The molecule has 2 aliphatic rings. The van der Waals surface area contributed by atoms with Crippen LogP contribution in [0.25, 0.3) is 5.57 Å². The van der Waals surface area contributed by atoms with Crippen molar-refractivity contribution in [3.8, 4) is 11.5 Å². The molecule has 3 rings (SSSR count). The summed E-state index contributed by atoms with van der Waals surface area (Å²) in [5.41, 5.74) is 3.20. The average Bonchev–Trinajstić information content (AvgIpc) is 3.34. The highest BCUT2D eigenvalue weighted by molar-refractivity contribution is 8.03. The van der Waals surface area contributed by atoms with Crippen LogP contribution in [0.15, 0.2) is 17.0 Å². The van der Waals surface area contributed by atoms with Gasteiger partial charge in [-0.05, 0) is 56.4 Å². The van der Waals surface area contributed by atoms with Gasteiger partial charge in [0.1, 0.15) is 17.1 Å². The number of aromatic hydroxyl groups is 1. The number of hydrogen-bond acceptors (Lipinski definition) is 3. The summed E-state index contributed by atoms with van der Waals surface area (Å²) in [6.07, 6.45) is 27.4. The third-order valence-electron chi connectivity index (χ3n) is 8.05. The Bertz CT molecular complexity index is 810. The summed E-state index contributed by atoms with van der Waals surface area (Å²) in [6.45, 7) is 6.61. The Labute approximate surface area is 227 Å². The van der Waals surface area contributed by atoms with Crippen LogP contribution >= 0.6 is 11.8 Å². The molecule has 2 heterocycles. The zero-order chi connectivity index (χ0) is 25.6. The van der Waals surface area contributed by atoms with Crippen molar-refractivity contribution in [2.24, 2.45) is 0 Å². The molecule has 204 valence electrons. The molecule has 0 atom stereocenters. The quantitative estimate of drug-likeness (QED) is 0.186. The Hall–Kier alpha value is -1.09. The lowest BCUT2D eigenvalue weighted by Gasteiger charge is -2.34. The highest BCUT2D eigenvalue weighted by atomic mass is 32.2. The molecule has 0 spiro atoms. The molecule has 2 nitrogen and oxygen atoms in total. The number of fused-ring (bicyclic) bond motifs is 2.